The Morgan fingerprint density at radius 2 is 1.93 bits per heavy atom. The van der Waals surface area contributed by atoms with Gasteiger partial charge in [-0.15, -0.1) is 0 Å². The highest BCUT2D eigenvalue weighted by Gasteiger charge is 2.26. The molecule has 4 heteroatoms. The van der Waals surface area contributed by atoms with Gasteiger partial charge in [-0.2, -0.15) is 0 Å². The number of carboxylic acids is 1. The van der Waals surface area contributed by atoms with Crippen molar-refractivity contribution in [3.8, 4) is 0 Å². The zero-order valence-corrected chi connectivity index (χ0v) is 9.23. The van der Waals surface area contributed by atoms with E-state index in [0.29, 0.717) is 6.04 Å². The van der Waals surface area contributed by atoms with Crippen LogP contribution in [0.2, 0.25) is 0 Å². The maximum atomic E-state index is 10.8. The summed E-state index contributed by atoms with van der Waals surface area (Å²) in [6, 6.07) is 0.283. The van der Waals surface area contributed by atoms with Gasteiger partial charge in [0.05, 0.1) is 0 Å². The lowest BCUT2D eigenvalue weighted by Crippen LogP contribution is -2.47. The van der Waals surface area contributed by atoms with Crippen molar-refractivity contribution < 1.29 is 9.90 Å². The molecule has 0 radical (unpaired) electrons. The number of carboxylic acid groups (broad SMARTS) is 1. The minimum atomic E-state index is -0.715. The van der Waals surface area contributed by atoms with Gasteiger partial charge in [0.2, 0.25) is 0 Å². The van der Waals surface area contributed by atoms with E-state index in [0.717, 1.165) is 25.9 Å². The predicted octanol–water partition coefficient (Wildman–Crippen LogP) is 0.485. The monoisotopic (exact) mass is 200 g/mol. The molecule has 0 aromatic heterocycles. The molecule has 1 saturated heterocycles. The largest absolute Gasteiger partial charge is 0.480 e. The molecule has 0 spiro atoms. The molecule has 82 valence electrons. The number of hydrogen-bond donors (Lipinski definition) is 1. The van der Waals surface area contributed by atoms with Crippen molar-refractivity contribution in [2.24, 2.45) is 0 Å². The quantitative estimate of drug-likeness (QED) is 0.720. The van der Waals surface area contributed by atoms with E-state index in [-0.39, 0.29) is 6.04 Å². The highest BCUT2D eigenvalue weighted by molar-refractivity contribution is 5.72. The number of carbonyl (C=O) groups is 1. The zero-order valence-electron chi connectivity index (χ0n) is 9.23. The topological polar surface area (TPSA) is 43.8 Å². The van der Waals surface area contributed by atoms with Gasteiger partial charge in [-0.1, -0.05) is 0 Å². The van der Waals surface area contributed by atoms with Crippen LogP contribution in [0.4, 0.5) is 0 Å². The van der Waals surface area contributed by atoms with Crippen molar-refractivity contribution in [1.29, 1.82) is 0 Å². The second-order valence-corrected chi connectivity index (χ2v) is 4.24. The molecule has 1 aliphatic rings. The molecule has 1 N–H and O–H groups in total. The molecule has 4 nitrogen and oxygen atoms in total. The van der Waals surface area contributed by atoms with Crippen LogP contribution in [0.25, 0.3) is 0 Å². The van der Waals surface area contributed by atoms with Gasteiger partial charge in [0, 0.05) is 19.1 Å². The van der Waals surface area contributed by atoms with E-state index < -0.39 is 5.97 Å². The third-order valence-electron chi connectivity index (χ3n) is 3.13. The number of nitrogens with zero attached hydrogens (tertiary/aromatic N) is 2. The molecule has 14 heavy (non-hydrogen) atoms. The Hall–Kier alpha value is -0.610. The van der Waals surface area contributed by atoms with Crippen LogP contribution in [0.5, 0.6) is 0 Å². The maximum Gasteiger partial charge on any atom is 0.320 e. The summed E-state index contributed by atoms with van der Waals surface area (Å²) >= 11 is 0. The van der Waals surface area contributed by atoms with Crippen LogP contribution in [-0.2, 0) is 4.79 Å². The van der Waals surface area contributed by atoms with E-state index in [2.05, 4.69) is 19.0 Å². The highest BCUT2D eigenvalue weighted by Crippen LogP contribution is 2.16. The molecule has 0 saturated carbocycles. The Morgan fingerprint density at radius 3 is 2.29 bits per heavy atom. The zero-order chi connectivity index (χ0) is 10.7. The summed E-state index contributed by atoms with van der Waals surface area (Å²) in [6.07, 6.45) is 2.15. The minimum Gasteiger partial charge on any atom is -0.480 e. The van der Waals surface area contributed by atoms with Crippen molar-refractivity contribution in [2.75, 3.05) is 27.2 Å². The minimum absolute atomic E-state index is 0.335. The van der Waals surface area contributed by atoms with Crippen LogP contribution in [0.3, 0.4) is 0 Å². The second-order valence-electron chi connectivity index (χ2n) is 4.24. The molecule has 1 aliphatic heterocycles. The molecule has 1 heterocycles. The van der Waals surface area contributed by atoms with Crippen molar-refractivity contribution in [3.05, 3.63) is 0 Å². The van der Waals surface area contributed by atoms with Crippen LogP contribution in [0, 0.1) is 0 Å². The summed E-state index contributed by atoms with van der Waals surface area (Å²) < 4.78 is 0. The molecule has 0 aliphatic carbocycles. The first-order valence-corrected chi connectivity index (χ1v) is 5.15. The molecule has 0 aromatic carbocycles. The first kappa shape index (κ1) is 11.5. The number of aliphatic carboxylic acids is 1. The molecular weight excluding hydrogens is 180 g/mol. The number of likely N-dealkylation sites (tertiary alicyclic amines) is 1. The van der Waals surface area contributed by atoms with Gasteiger partial charge >= 0.3 is 5.97 Å². The maximum absolute atomic E-state index is 10.8. The Labute approximate surface area is 85.5 Å². The van der Waals surface area contributed by atoms with E-state index >= 15 is 0 Å². The Morgan fingerprint density at radius 1 is 1.43 bits per heavy atom. The molecule has 1 atom stereocenters. The van der Waals surface area contributed by atoms with E-state index in [1.807, 2.05) is 4.90 Å². The summed E-state index contributed by atoms with van der Waals surface area (Å²) in [4.78, 5) is 15.0. The molecule has 1 unspecified atom stereocenters. The van der Waals surface area contributed by atoms with Crippen LogP contribution in [0.1, 0.15) is 19.8 Å². The van der Waals surface area contributed by atoms with Crippen molar-refractivity contribution in [2.45, 2.75) is 31.8 Å². The van der Waals surface area contributed by atoms with Crippen molar-refractivity contribution in [1.82, 2.24) is 9.80 Å². The predicted molar refractivity (Wildman–Crippen MR) is 55.4 cm³/mol. The fourth-order valence-electron chi connectivity index (χ4n) is 1.95. The van der Waals surface area contributed by atoms with Crippen LogP contribution in [-0.4, -0.2) is 60.1 Å². The Balaban J connectivity index is 2.39. The summed E-state index contributed by atoms with van der Waals surface area (Å²) in [5, 5.41) is 8.86. The Kier molecular flexibility index (Phi) is 3.89. The SMILES string of the molecule is CC(C(=O)O)N1CCC(N(C)C)CC1. The van der Waals surface area contributed by atoms with Gasteiger partial charge in [0.15, 0.2) is 0 Å². The van der Waals surface area contributed by atoms with Gasteiger partial charge in [0.1, 0.15) is 6.04 Å². The van der Waals surface area contributed by atoms with Crippen LogP contribution in [0.15, 0.2) is 0 Å². The van der Waals surface area contributed by atoms with E-state index in [1.54, 1.807) is 6.92 Å². The average Bonchev–Trinajstić information content (AvgIpc) is 2.16. The summed E-state index contributed by atoms with van der Waals surface area (Å²) in [6.45, 7) is 3.56. The van der Waals surface area contributed by atoms with E-state index in [9.17, 15) is 4.79 Å². The van der Waals surface area contributed by atoms with Gasteiger partial charge in [-0.25, -0.2) is 0 Å². The number of piperidine rings is 1. The molecule has 0 amide bonds. The molecule has 0 aromatic rings. The fourth-order valence-corrected chi connectivity index (χ4v) is 1.95. The van der Waals surface area contributed by atoms with Crippen LogP contribution >= 0.6 is 0 Å². The third-order valence-corrected chi connectivity index (χ3v) is 3.13. The number of hydrogen-bond acceptors (Lipinski definition) is 3. The lowest BCUT2D eigenvalue weighted by Gasteiger charge is -2.36. The summed E-state index contributed by atoms with van der Waals surface area (Å²) in [5.74, 6) is -0.715. The van der Waals surface area contributed by atoms with Gasteiger partial charge in [-0.3, -0.25) is 9.69 Å². The van der Waals surface area contributed by atoms with Crippen LogP contribution < -0.4 is 0 Å². The van der Waals surface area contributed by atoms with Crippen molar-refractivity contribution in [3.63, 3.8) is 0 Å². The molecule has 1 fully saturated rings. The van der Waals surface area contributed by atoms with Gasteiger partial charge < -0.3 is 10.0 Å². The first-order chi connectivity index (χ1) is 6.52. The summed E-state index contributed by atoms with van der Waals surface area (Å²) in [5.41, 5.74) is 0. The smallest absolute Gasteiger partial charge is 0.320 e. The lowest BCUT2D eigenvalue weighted by molar-refractivity contribution is -0.143. The average molecular weight is 200 g/mol. The second kappa shape index (κ2) is 4.75. The summed E-state index contributed by atoms with van der Waals surface area (Å²) in [7, 11) is 4.17. The third kappa shape index (κ3) is 2.69. The number of rotatable bonds is 3. The Bertz CT molecular complexity index is 198. The van der Waals surface area contributed by atoms with E-state index in [4.69, 9.17) is 5.11 Å². The van der Waals surface area contributed by atoms with Crippen molar-refractivity contribution >= 4 is 5.97 Å². The first-order valence-electron chi connectivity index (χ1n) is 5.15. The lowest BCUT2D eigenvalue weighted by atomic mass is 10.0. The molecule has 0 bridgehead atoms. The van der Waals surface area contributed by atoms with Gasteiger partial charge in [0.25, 0.3) is 0 Å². The van der Waals surface area contributed by atoms with E-state index in [1.165, 1.54) is 0 Å². The molecular formula is C10H20N2O2. The molecule has 1 rings (SSSR count). The highest BCUT2D eigenvalue weighted by atomic mass is 16.4. The standard InChI is InChI=1S/C10H20N2O2/c1-8(10(13)14)12-6-4-9(5-7-12)11(2)3/h8-9H,4-7H2,1-3H3,(H,13,14). The normalized spacial score (nSPS) is 22.6. The van der Waals surface area contributed by atoms with Gasteiger partial charge in [-0.05, 0) is 33.9 Å². The fraction of sp³-hybridized carbons (Fsp3) is 0.900.